The average molecular weight is 399 g/mol. The smallest absolute Gasteiger partial charge is 0.245 e. The minimum absolute atomic E-state index is 0.0445. The first-order valence-electron chi connectivity index (χ1n) is 10.3. The lowest BCUT2D eigenvalue weighted by Crippen LogP contribution is -2.37. The zero-order valence-corrected chi connectivity index (χ0v) is 18.6. The van der Waals surface area contributed by atoms with Gasteiger partial charge in [0.15, 0.2) is 0 Å². The van der Waals surface area contributed by atoms with Crippen molar-refractivity contribution in [3.8, 4) is 5.69 Å². The number of aromatic nitrogens is 2. The van der Waals surface area contributed by atoms with E-state index in [-0.39, 0.29) is 23.8 Å². The molecule has 2 amide bonds. The standard InChI is InChI=1S/C23H34N4O2/c1-7-8-9-13-26(18(3)28)16-22(29)24-21-15-20(23(4,5)6)25-27(21)19-12-10-11-17(2)14-19/h10-12,14-15H,7-9,13,16H2,1-6H3,(H,24,29). The molecule has 6 heteroatoms. The molecule has 0 unspecified atom stereocenters. The molecular formula is C23H34N4O2. The molecular weight excluding hydrogens is 364 g/mol. The van der Waals surface area contributed by atoms with Gasteiger partial charge in [-0.3, -0.25) is 9.59 Å². The minimum Gasteiger partial charge on any atom is -0.334 e. The van der Waals surface area contributed by atoms with Crippen molar-refractivity contribution in [3.05, 3.63) is 41.6 Å². The van der Waals surface area contributed by atoms with Gasteiger partial charge in [-0.2, -0.15) is 5.10 Å². The van der Waals surface area contributed by atoms with E-state index in [0.717, 1.165) is 36.2 Å². The van der Waals surface area contributed by atoms with Gasteiger partial charge in [0, 0.05) is 24.9 Å². The van der Waals surface area contributed by atoms with Gasteiger partial charge in [-0.15, -0.1) is 0 Å². The Balaban J connectivity index is 2.25. The molecule has 0 saturated carbocycles. The van der Waals surface area contributed by atoms with Gasteiger partial charge in [0.2, 0.25) is 11.8 Å². The van der Waals surface area contributed by atoms with Crippen LogP contribution in [-0.4, -0.2) is 39.6 Å². The molecule has 0 aliphatic heterocycles. The molecule has 2 aromatic rings. The fraction of sp³-hybridized carbons (Fsp3) is 0.522. The first-order chi connectivity index (χ1) is 13.6. The summed E-state index contributed by atoms with van der Waals surface area (Å²) in [7, 11) is 0. The van der Waals surface area contributed by atoms with Crippen molar-refractivity contribution in [2.24, 2.45) is 0 Å². The van der Waals surface area contributed by atoms with Crippen LogP contribution in [0, 0.1) is 6.92 Å². The Kier molecular flexibility index (Phi) is 7.59. The van der Waals surface area contributed by atoms with Gasteiger partial charge in [0.05, 0.1) is 17.9 Å². The molecule has 0 saturated heterocycles. The molecule has 1 aromatic heterocycles. The van der Waals surface area contributed by atoms with E-state index in [0.29, 0.717) is 12.4 Å². The van der Waals surface area contributed by atoms with Crippen LogP contribution in [0.5, 0.6) is 0 Å². The van der Waals surface area contributed by atoms with Crippen LogP contribution in [0.1, 0.15) is 65.1 Å². The van der Waals surface area contributed by atoms with Gasteiger partial charge < -0.3 is 10.2 Å². The fourth-order valence-electron chi connectivity index (χ4n) is 3.05. The molecule has 158 valence electrons. The zero-order valence-electron chi connectivity index (χ0n) is 18.6. The molecule has 1 heterocycles. The number of rotatable bonds is 8. The van der Waals surface area contributed by atoms with Crippen molar-refractivity contribution in [1.82, 2.24) is 14.7 Å². The van der Waals surface area contributed by atoms with Gasteiger partial charge in [-0.05, 0) is 31.0 Å². The number of amides is 2. The number of hydrogen-bond acceptors (Lipinski definition) is 3. The summed E-state index contributed by atoms with van der Waals surface area (Å²) in [5.74, 6) is 0.312. The molecule has 2 rings (SSSR count). The van der Waals surface area contributed by atoms with Gasteiger partial charge in [-0.1, -0.05) is 52.7 Å². The summed E-state index contributed by atoms with van der Waals surface area (Å²) >= 11 is 0. The molecule has 0 aliphatic carbocycles. The topological polar surface area (TPSA) is 67.2 Å². The van der Waals surface area contributed by atoms with E-state index in [2.05, 4.69) is 33.0 Å². The Morgan fingerprint density at radius 1 is 1.17 bits per heavy atom. The normalized spacial score (nSPS) is 11.4. The summed E-state index contributed by atoms with van der Waals surface area (Å²) in [6.45, 7) is 12.6. The van der Waals surface area contributed by atoms with E-state index >= 15 is 0 Å². The van der Waals surface area contributed by atoms with Crippen molar-refractivity contribution in [2.45, 2.75) is 66.2 Å². The Hall–Kier alpha value is -2.63. The Bertz CT molecular complexity index is 849. The lowest BCUT2D eigenvalue weighted by molar-refractivity contribution is -0.132. The minimum atomic E-state index is -0.217. The highest BCUT2D eigenvalue weighted by atomic mass is 16.2. The Morgan fingerprint density at radius 2 is 1.90 bits per heavy atom. The molecule has 6 nitrogen and oxygen atoms in total. The van der Waals surface area contributed by atoms with E-state index in [1.807, 2.05) is 37.3 Å². The summed E-state index contributed by atoms with van der Waals surface area (Å²) in [5, 5.41) is 7.71. The van der Waals surface area contributed by atoms with Crippen LogP contribution in [0.15, 0.2) is 30.3 Å². The van der Waals surface area contributed by atoms with Crippen LogP contribution in [-0.2, 0) is 15.0 Å². The highest BCUT2D eigenvalue weighted by Gasteiger charge is 2.22. The number of aryl methyl sites for hydroxylation is 1. The third-order valence-electron chi connectivity index (χ3n) is 4.80. The molecule has 1 N–H and O–H groups in total. The lowest BCUT2D eigenvalue weighted by Gasteiger charge is -2.20. The Morgan fingerprint density at radius 3 is 2.48 bits per heavy atom. The first-order valence-corrected chi connectivity index (χ1v) is 10.3. The third-order valence-corrected chi connectivity index (χ3v) is 4.80. The number of nitrogens with one attached hydrogen (secondary N) is 1. The predicted molar refractivity (Wildman–Crippen MR) is 117 cm³/mol. The molecule has 1 aromatic carbocycles. The number of carbonyl (C=O) groups excluding carboxylic acids is 2. The molecule has 0 fully saturated rings. The highest BCUT2D eigenvalue weighted by Crippen LogP contribution is 2.26. The summed E-state index contributed by atoms with van der Waals surface area (Å²) in [6, 6.07) is 9.91. The number of anilines is 1. The van der Waals surface area contributed by atoms with Gasteiger partial charge in [-0.25, -0.2) is 4.68 Å². The molecule has 0 atom stereocenters. The second-order valence-electron chi connectivity index (χ2n) is 8.61. The summed E-state index contributed by atoms with van der Waals surface area (Å²) in [6.07, 6.45) is 3.02. The van der Waals surface area contributed by atoms with E-state index in [1.54, 1.807) is 9.58 Å². The van der Waals surface area contributed by atoms with Crippen LogP contribution in [0.3, 0.4) is 0 Å². The molecule has 29 heavy (non-hydrogen) atoms. The molecule has 0 bridgehead atoms. The molecule has 0 spiro atoms. The van der Waals surface area contributed by atoms with Crippen LogP contribution >= 0.6 is 0 Å². The first kappa shape index (κ1) is 22.7. The number of hydrogen-bond donors (Lipinski definition) is 1. The monoisotopic (exact) mass is 398 g/mol. The van der Waals surface area contributed by atoms with Crippen LogP contribution in [0.2, 0.25) is 0 Å². The maximum Gasteiger partial charge on any atom is 0.245 e. The van der Waals surface area contributed by atoms with E-state index < -0.39 is 0 Å². The average Bonchev–Trinajstić information content (AvgIpc) is 3.05. The van der Waals surface area contributed by atoms with Crippen LogP contribution < -0.4 is 5.32 Å². The number of nitrogens with zero attached hydrogens (tertiary/aromatic N) is 3. The number of carbonyl (C=O) groups is 2. The maximum absolute atomic E-state index is 12.7. The van der Waals surface area contributed by atoms with E-state index in [4.69, 9.17) is 5.10 Å². The quantitative estimate of drug-likeness (QED) is 0.668. The predicted octanol–water partition coefficient (Wildman–Crippen LogP) is 4.46. The maximum atomic E-state index is 12.7. The van der Waals surface area contributed by atoms with Crippen LogP contribution in [0.4, 0.5) is 5.82 Å². The van der Waals surface area contributed by atoms with Crippen molar-refractivity contribution in [3.63, 3.8) is 0 Å². The van der Waals surface area contributed by atoms with Crippen molar-refractivity contribution in [2.75, 3.05) is 18.4 Å². The van der Waals surface area contributed by atoms with Crippen molar-refractivity contribution < 1.29 is 9.59 Å². The zero-order chi connectivity index (χ0) is 21.6. The van der Waals surface area contributed by atoms with Gasteiger partial charge in [0.25, 0.3) is 0 Å². The Labute approximate surface area is 174 Å². The van der Waals surface area contributed by atoms with Gasteiger partial charge in [0.1, 0.15) is 5.82 Å². The third kappa shape index (κ3) is 6.44. The second-order valence-corrected chi connectivity index (χ2v) is 8.61. The highest BCUT2D eigenvalue weighted by molar-refractivity contribution is 5.94. The summed E-state index contributed by atoms with van der Waals surface area (Å²) < 4.78 is 1.76. The van der Waals surface area contributed by atoms with Crippen LogP contribution in [0.25, 0.3) is 5.69 Å². The molecule has 0 aliphatic rings. The summed E-state index contributed by atoms with van der Waals surface area (Å²) in [4.78, 5) is 26.2. The van der Waals surface area contributed by atoms with E-state index in [9.17, 15) is 9.59 Å². The summed E-state index contributed by atoms with van der Waals surface area (Å²) in [5.41, 5.74) is 2.74. The van der Waals surface area contributed by atoms with E-state index in [1.165, 1.54) is 6.92 Å². The lowest BCUT2D eigenvalue weighted by atomic mass is 9.92. The number of benzene rings is 1. The number of unbranched alkanes of at least 4 members (excludes halogenated alkanes) is 2. The van der Waals surface area contributed by atoms with Crippen molar-refractivity contribution in [1.29, 1.82) is 0 Å². The van der Waals surface area contributed by atoms with Crippen molar-refractivity contribution >= 4 is 17.6 Å². The van der Waals surface area contributed by atoms with Gasteiger partial charge >= 0.3 is 0 Å². The second kappa shape index (κ2) is 9.72. The SMILES string of the molecule is CCCCCN(CC(=O)Nc1cc(C(C)(C)C)nn1-c1cccc(C)c1)C(C)=O. The largest absolute Gasteiger partial charge is 0.334 e. The fourth-order valence-corrected chi connectivity index (χ4v) is 3.05. The molecule has 0 radical (unpaired) electrons.